The van der Waals surface area contributed by atoms with E-state index in [2.05, 4.69) is 10.6 Å². The van der Waals surface area contributed by atoms with E-state index in [-0.39, 0.29) is 12.5 Å². The summed E-state index contributed by atoms with van der Waals surface area (Å²) in [7, 11) is 1.58. The van der Waals surface area contributed by atoms with E-state index in [0.717, 1.165) is 25.0 Å². The minimum atomic E-state index is -0.470. The zero-order chi connectivity index (χ0) is 14.6. The molecule has 108 valence electrons. The summed E-state index contributed by atoms with van der Waals surface area (Å²) in [6.45, 7) is 0. The van der Waals surface area contributed by atoms with Crippen molar-refractivity contribution in [2.75, 3.05) is 12.4 Å². The molecule has 1 aromatic rings. The monoisotopic (exact) mass is 277 g/mol. The van der Waals surface area contributed by atoms with Crippen molar-refractivity contribution in [2.24, 2.45) is 5.73 Å². The summed E-state index contributed by atoms with van der Waals surface area (Å²) < 4.78 is 5.05. The van der Waals surface area contributed by atoms with Crippen molar-refractivity contribution in [2.45, 2.75) is 31.2 Å². The molecular formula is C14H19N3O3. The molecule has 0 aliphatic heterocycles. The molecule has 0 unspecified atom stereocenters. The van der Waals surface area contributed by atoms with Crippen LogP contribution in [-0.4, -0.2) is 24.6 Å². The number of benzene rings is 1. The first-order valence-corrected chi connectivity index (χ1v) is 6.54. The van der Waals surface area contributed by atoms with Crippen LogP contribution in [0.25, 0.3) is 0 Å². The molecule has 0 atom stereocenters. The number of anilines is 1. The fraction of sp³-hybridized carbons (Fsp3) is 0.429. The Hall–Kier alpha value is -2.24. The Labute approximate surface area is 117 Å². The van der Waals surface area contributed by atoms with Crippen LogP contribution in [0.5, 0.6) is 5.75 Å². The molecule has 1 aliphatic rings. The topological polar surface area (TPSA) is 93.4 Å². The van der Waals surface area contributed by atoms with Crippen molar-refractivity contribution in [3.8, 4) is 5.75 Å². The van der Waals surface area contributed by atoms with Crippen LogP contribution in [0.4, 0.5) is 10.5 Å². The number of urea groups is 1. The second kappa shape index (κ2) is 5.81. The van der Waals surface area contributed by atoms with Crippen LogP contribution in [0.1, 0.15) is 25.7 Å². The number of carbonyl (C=O) groups excluding carboxylic acids is 2. The van der Waals surface area contributed by atoms with Crippen molar-refractivity contribution in [3.05, 3.63) is 24.3 Å². The summed E-state index contributed by atoms with van der Waals surface area (Å²) in [5.41, 5.74) is 5.42. The van der Waals surface area contributed by atoms with E-state index in [1.165, 1.54) is 0 Å². The third kappa shape index (κ3) is 3.40. The molecule has 2 rings (SSSR count). The van der Waals surface area contributed by atoms with Gasteiger partial charge in [-0.3, -0.25) is 4.79 Å². The fourth-order valence-electron chi connectivity index (χ4n) is 2.36. The quantitative estimate of drug-likeness (QED) is 0.763. The van der Waals surface area contributed by atoms with Gasteiger partial charge >= 0.3 is 6.03 Å². The highest BCUT2D eigenvalue weighted by molar-refractivity contribution is 5.90. The third-order valence-electron chi connectivity index (χ3n) is 3.55. The molecule has 0 radical (unpaired) electrons. The highest BCUT2D eigenvalue weighted by Crippen LogP contribution is 2.34. The van der Waals surface area contributed by atoms with Crippen molar-refractivity contribution >= 4 is 17.6 Å². The lowest BCUT2D eigenvalue weighted by Crippen LogP contribution is -2.56. The van der Waals surface area contributed by atoms with Crippen molar-refractivity contribution in [3.63, 3.8) is 0 Å². The summed E-state index contributed by atoms with van der Waals surface area (Å²) >= 11 is 0. The van der Waals surface area contributed by atoms with E-state index >= 15 is 0 Å². The number of rotatable bonds is 5. The maximum Gasteiger partial charge on any atom is 0.319 e. The van der Waals surface area contributed by atoms with Gasteiger partial charge in [-0.1, -0.05) is 0 Å². The van der Waals surface area contributed by atoms with Crippen LogP contribution in [0.2, 0.25) is 0 Å². The van der Waals surface area contributed by atoms with Crippen LogP contribution in [0.15, 0.2) is 24.3 Å². The van der Waals surface area contributed by atoms with E-state index in [0.29, 0.717) is 5.69 Å². The predicted molar refractivity (Wildman–Crippen MR) is 75.5 cm³/mol. The number of hydrogen-bond acceptors (Lipinski definition) is 3. The van der Waals surface area contributed by atoms with Gasteiger partial charge in [0.15, 0.2) is 0 Å². The van der Waals surface area contributed by atoms with E-state index in [1.807, 2.05) is 0 Å². The van der Waals surface area contributed by atoms with Gasteiger partial charge in [-0.05, 0) is 43.5 Å². The normalized spacial score (nSPS) is 15.8. The number of methoxy groups -OCH3 is 1. The Morgan fingerprint density at radius 1 is 1.30 bits per heavy atom. The first kappa shape index (κ1) is 14.2. The van der Waals surface area contributed by atoms with Gasteiger partial charge in [-0.25, -0.2) is 4.79 Å². The number of primary amides is 1. The van der Waals surface area contributed by atoms with Gasteiger partial charge in [0.25, 0.3) is 0 Å². The molecule has 1 aliphatic carbocycles. The summed E-state index contributed by atoms with van der Waals surface area (Å²) in [4.78, 5) is 23.0. The first-order valence-electron chi connectivity index (χ1n) is 6.54. The molecule has 1 fully saturated rings. The molecule has 0 aromatic heterocycles. The lowest BCUT2D eigenvalue weighted by molar-refractivity contribution is -0.120. The van der Waals surface area contributed by atoms with Gasteiger partial charge < -0.3 is 21.1 Å². The molecular weight excluding hydrogens is 258 g/mol. The fourth-order valence-corrected chi connectivity index (χ4v) is 2.36. The van der Waals surface area contributed by atoms with Gasteiger partial charge in [0.2, 0.25) is 5.91 Å². The third-order valence-corrected chi connectivity index (χ3v) is 3.55. The van der Waals surface area contributed by atoms with Gasteiger partial charge in [0.05, 0.1) is 12.6 Å². The summed E-state index contributed by atoms with van der Waals surface area (Å²) in [5.74, 6) is 0.328. The maximum absolute atomic E-state index is 12.0. The van der Waals surface area contributed by atoms with Crippen LogP contribution in [-0.2, 0) is 4.79 Å². The minimum Gasteiger partial charge on any atom is -0.497 e. The van der Waals surface area contributed by atoms with Gasteiger partial charge in [-0.15, -0.1) is 0 Å². The Morgan fingerprint density at radius 2 is 1.95 bits per heavy atom. The van der Waals surface area contributed by atoms with Crippen molar-refractivity contribution < 1.29 is 14.3 Å². The molecule has 0 spiro atoms. The second-order valence-corrected chi connectivity index (χ2v) is 5.08. The molecule has 4 N–H and O–H groups in total. The van der Waals surface area contributed by atoms with Crippen molar-refractivity contribution in [1.29, 1.82) is 0 Å². The van der Waals surface area contributed by atoms with Crippen LogP contribution < -0.4 is 21.1 Å². The number of carbonyl (C=O) groups is 2. The Bertz CT molecular complexity index is 495. The highest BCUT2D eigenvalue weighted by Gasteiger charge is 2.39. The molecule has 20 heavy (non-hydrogen) atoms. The summed E-state index contributed by atoms with van der Waals surface area (Å²) in [5, 5.41) is 5.59. The predicted octanol–water partition coefficient (Wildman–Crippen LogP) is 1.61. The molecule has 0 bridgehead atoms. The average Bonchev–Trinajstić information content (AvgIpc) is 2.36. The number of hydrogen-bond donors (Lipinski definition) is 3. The largest absolute Gasteiger partial charge is 0.497 e. The lowest BCUT2D eigenvalue weighted by Gasteiger charge is -2.41. The zero-order valence-corrected chi connectivity index (χ0v) is 11.4. The summed E-state index contributed by atoms with van der Waals surface area (Å²) in [6, 6.07) is 6.70. The number of amides is 3. The first-order chi connectivity index (χ1) is 9.53. The molecule has 0 heterocycles. The van der Waals surface area contributed by atoms with Crippen LogP contribution in [0, 0.1) is 0 Å². The molecule has 6 nitrogen and oxygen atoms in total. The Balaban J connectivity index is 1.92. The van der Waals surface area contributed by atoms with Crippen LogP contribution in [0.3, 0.4) is 0 Å². The molecule has 0 saturated heterocycles. The number of ether oxygens (including phenoxy) is 1. The van der Waals surface area contributed by atoms with E-state index in [9.17, 15) is 9.59 Å². The number of nitrogens with two attached hydrogens (primary N) is 1. The Kier molecular flexibility index (Phi) is 4.12. The Morgan fingerprint density at radius 3 is 2.40 bits per heavy atom. The smallest absolute Gasteiger partial charge is 0.319 e. The molecule has 6 heteroatoms. The van der Waals surface area contributed by atoms with E-state index < -0.39 is 11.4 Å². The van der Waals surface area contributed by atoms with E-state index in [4.69, 9.17) is 10.5 Å². The second-order valence-electron chi connectivity index (χ2n) is 5.08. The SMILES string of the molecule is COc1ccc(NC(=O)NC2(CC(N)=O)CCC2)cc1. The lowest BCUT2D eigenvalue weighted by atomic mass is 9.74. The highest BCUT2D eigenvalue weighted by atomic mass is 16.5. The van der Waals surface area contributed by atoms with Gasteiger partial charge in [-0.2, -0.15) is 0 Å². The molecule has 1 aromatic carbocycles. The standard InChI is InChI=1S/C14H19N3O3/c1-20-11-5-3-10(4-6-11)16-13(19)17-14(7-2-8-14)9-12(15)18/h3-6H,2,7-9H2,1H3,(H2,15,18)(H2,16,17,19). The molecule has 3 amide bonds. The minimum absolute atomic E-state index is 0.184. The van der Waals surface area contributed by atoms with E-state index in [1.54, 1.807) is 31.4 Å². The average molecular weight is 277 g/mol. The van der Waals surface area contributed by atoms with Crippen molar-refractivity contribution in [1.82, 2.24) is 5.32 Å². The zero-order valence-electron chi connectivity index (χ0n) is 11.4. The molecule has 1 saturated carbocycles. The number of nitrogens with one attached hydrogen (secondary N) is 2. The van der Waals surface area contributed by atoms with Crippen LogP contribution >= 0.6 is 0 Å². The summed E-state index contributed by atoms with van der Waals surface area (Å²) in [6.07, 6.45) is 2.75. The maximum atomic E-state index is 12.0. The van der Waals surface area contributed by atoms with Gasteiger partial charge in [0, 0.05) is 12.1 Å². The van der Waals surface area contributed by atoms with Gasteiger partial charge in [0.1, 0.15) is 5.75 Å².